The third kappa shape index (κ3) is 2.82. The van der Waals surface area contributed by atoms with Gasteiger partial charge in [0.15, 0.2) is 0 Å². The van der Waals surface area contributed by atoms with Gasteiger partial charge < -0.3 is 4.90 Å². The minimum Gasteiger partial charge on any atom is -0.337 e. The van der Waals surface area contributed by atoms with E-state index in [1.165, 1.54) is 11.1 Å². The van der Waals surface area contributed by atoms with Gasteiger partial charge in [-0.15, -0.1) is 10.2 Å². The minimum absolute atomic E-state index is 0.0490. The van der Waals surface area contributed by atoms with Crippen molar-refractivity contribution >= 4 is 5.95 Å². The number of aromatic nitrogens is 3. The van der Waals surface area contributed by atoms with Crippen molar-refractivity contribution in [1.29, 1.82) is 0 Å². The lowest BCUT2D eigenvalue weighted by Crippen LogP contribution is -2.26. The van der Waals surface area contributed by atoms with Crippen molar-refractivity contribution in [2.45, 2.75) is 31.7 Å². The number of anilines is 1. The van der Waals surface area contributed by atoms with E-state index in [0.29, 0.717) is 0 Å². The summed E-state index contributed by atoms with van der Waals surface area (Å²) in [5, 5.41) is 9.16. The van der Waals surface area contributed by atoms with E-state index in [1.807, 2.05) is 0 Å². The van der Waals surface area contributed by atoms with Crippen LogP contribution in [0.15, 0.2) is 60.7 Å². The summed E-state index contributed by atoms with van der Waals surface area (Å²) in [5.41, 5.74) is 2.69. The highest BCUT2D eigenvalue weighted by molar-refractivity contribution is 5.43. The van der Waals surface area contributed by atoms with Crippen molar-refractivity contribution < 1.29 is 0 Å². The van der Waals surface area contributed by atoms with Crippen molar-refractivity contribution in [3.8, 4) is 0 Å². The van der Waals surface area contributed by atoms with Crippen LogP contribution in [0.3, 0.4) is 0 Å². The second kappa shape index (κ2) is 6.36. The summed E-state index contributed by atoms with van der Waals surface area (Å²) < 4.78 is 2.19. The van der Waals surface area contributed by atoms with Crippen LogP contribution in [-0.2, 0) is 19.0 Å². The number of benzene rings is 2. The first-order valence-corrected chi connectivity index (χ1v) is 8.99. The SMILES string of the molecule is CCN(Cc1ccccc1)c1nnc(C2(c3ccccc3)CC2)n1C. The molecule has 0 amide bonds. The lowest BCUT2D eigenvalue weighted by molar-refractivity contribution is 0.678. The summed E-state index contributed by atoms with van der Waals surface area (Å²) in [6, 6.07) is 21.3. The first-order valence-electron chi connectivity index (χ1n) is 8.99. The topological polar surface area (TPSA) is 34.0 Å². The van der Waals surface area contributed by atoms with E-state index in [0.717, 1.165) is 37.7 Å². The molecule has 3 aromatic rings. The van der Waals surface area contributed by atoms with Gasteiger partial charge in [-0.2, -0.15) is 0 Å². The van der Waals surface area contributed by atoms with Gasteiger partial charge in [-0.25, -0.2) is 0 Å². The van der Waals surface area contributed by atoms with Crippen molar-refractivity contribution in [2.24, 2.45) is 7.05 Å². The molecule has 128 valence electrons. The monoisotopic (exact) mass is 332 g/mol. The van der Waals surface area contributed by atoms with E-state index in [1.54, 1.807) is 0 Å². The van der Waals surface area contributed by atoms with Crippen molar-refractivity contribution in [2.75, 3.05) is 11.4 Å². The maximum Gasteiger partial charge on any atom is 0.227 e. The molecule has 0 bridgehead atoms. The van der Waals surface area contributed by atoms with E-state index >= 15 is 0 Å². The van der Waals surface area contributed by atoms with Crippen molar-refractivity contribution in [3.05, 3.63) is 77.6 Å². The fraction of sp³-hybridized carbons (Fsp3) is 0.333. The van der Waals surface area contributed by atoms with Crippen LogP contribution in [0.25, 0.3) is 0 Å². The summed E-state index contributed by atoms with van der Waals surface area (Å²) in [4.78, 5) is 2.28. The van der Waals surface area contributed by atoms with Gasteiger partial charge in [0.2, 0.25) is 5.95 Å². The zero-order valence-electron chi connectivity index (χ0n) is 14.9. The third-order valence-corrected chi connectivity index (χ3v) is 5.24. The average Bonchev–Trinajstić information content (AvgIpc) is 3.38. The van der Waals surface area contributed by atoms with Crippen LogP contribution in [-0.4, -0.2) is 21.3 Å². The van der Waals surface area contributed by atoms with Crippen molar-refractivity contribution in [3.63, 3.8) is 0 Å². The van der Waals surface area contributed by atoms with E-state index in [2.05, 4.69) is 94.3 Å². The quantitative estimate of drug-likeness (QED) is 0.686. The molecular weight excluding hydrogens is 308 g/mol. The smallest absolute Gasteiger partial charge is 0.227 e. The van der Waals surface area contributed by atoms with Gasteiger partial charge in [-0.05, 0) is 30.9 Å². The van der Waals surface area contributed by atoms with E-state index in [-0.39, 0.29) is 5.41 Å². The predicted molar refractivity (Wildman–Crippen MR) is 101 cm³/mol. The van der Waals surface area contributed by atoms with Gasteiger partial charge in [-0.1, -0.05) is 60.7 Å². The highest BCUT2D eigenvalue weighted by atomic mass is 15.4. The van der Waals surface area contributed by atoms with Crippen LogP contribution in [0.5, 0.6) is 0 Å². The molecule has 2 aromatic carbocycles. The molecule has 1 aliphatic rings. The Labute approximate surface area is 149 Å². The summed E-state index contributed by atoms with van der Waals surface area (Å²) in [6.45, 7) is 3.92. The van der Waals surface area contributed by atoms with Crippen LogP contribution in [0.4, 0.5) is 5.95 Å². The Morgan fingerprint density at radius 3 is 2.20 bits per heavy atom. The molecule has 0 saturated heterocycles. The average molecular weight is 332 g/mol. The predicted octanol–water partition coefficient (Wildman–Crippen LogP) is 3.92. The highest BCUT2D eigenvalue weighted by Crippen LogP contribution is 2.52. The van der Waals surface area contributed by atoms with Crippen LogP contribution >= 0.6 is 0 Å². The lowest BCUT2D eigenvalue weighted by Gasteiger charge is -2.22. The normalized spacial score (nSPS) is 15.1. The van der Waals surface area contributed by atoms with Crippen LogP contribution in [0, 0.1) is 0 Å². The summed E-state index contributed by atoms with van der Waals surface area (Å²) in [6.07, 6.45) is 2.29. The zero-order valence-corrected chi connectivity index (χ0v) is 14.9. The number of nitrogens with zero attached hydrogens (tertiary/aromatic N) is 4. The summed E-state index contributed by atoms with van der Waals surface area (Å²) in [7, 11) is 2.10. The molecule has 1 aromatic heterocycles. The first kappa shape index (κ1) is 15.9. The van der Waals surface area contributed by atoms with Gasteiger partial charge in [-0.3, -0.25) is 4.57 Å². The Balaban J connectivity index is 1.65. The maximum atomic E-state index is 4.61. The summed E-state index contributed by atoms with van der Waals surface area (Å²) >= 11 is 0. The Morgan fingerprint density at radius 1 is 0.960 bits per heavy atom. The Kier molecular flexibility index (Phi) is 4.04. The minimum atomic E-state index is 0.0490. The second-order valence-electron chi connectivity index (χ2n) is 6.83. The maximum absolute atomic E-state index is 4.61. The molecule has 1 heterocycles. The molecule has 4 rings (SSSR count). The Hall–Kier alpha value is -2.62. The molecule has 0 spiro atoms. The molecule has 1 fully saturated rings. The molecule has 4 nitrogen and oxygen atoms in total. The van der Waals surface area contributed by atoms with Crippen LogP contribution < -0.4 is 4.90 Å². The van der Waals surface area contributed by atoms with Gasteiger partial charge >= 0.3 is 0 Å². The van der Waals surface area contributed by atoms with E-state index in [4.69, 9.17) is 0 Å². The largest absolute Gasteiger partial charge is 0.337 e. The van der Waals surface area contributed by atoms with Gasteiger partial charge in [0.05, 0.1) is 5.41 Å². The van der Waals surface area contributed by atoms with Gasteiger partial charge in [0, 0.05) is 20.1 Å². The highest BCUT2D eigenvalue weighted by Gasteiger charge is 2.50. The molecule has 0 unspecified atom stereocenters. The standard InChI is InChI=1S/C21H24N4/c1-3-25(16-17-10-6-4-7-11-17)20-23-22-19(24(20)2)21(14-15-21)18-12-8-5-9-13-18/h4-13H,3,14-16H2,1-2H3. The first-order chi connectivity index (χ1) is 12.2. The summed E-state index contributed by atoms with van der Waals surface area (Å²) in [5.74, 6) is 2.03. The zero-order chi connectivity index (χ0) is 17.3. The molecule has 0 atom stereocenters. The molecule has 1 saturated carbocycles. The second-order valence-corrected chi connectivity index (χ2v) is 6.83. The van der Waals surface area contributed by atoms with Gasteiger partial charge in [0.25, 0.3) is 0 Å². The Bertz CT molecular complexity index is 835. The fourth-order valence-corrected chi connectivity index (χ4v) is 3.66. The van der Waals surface area contributed by atoms with Gasteiger partial charge in [0.1, 0.15) is 5.82 Å². The number of hydrogen-bond donors (Lipinski definition) is 0. The molecule has 0 radical (unpaired) electrons. The van der Waals surface area contributed by atoms with E-state index < -0.39 is 0 Å². The number of hydrogen-bond acceptors (Lipinski definition) is 3. The van der Waals surface area contributed by atoms with Crippen LogP contribution in [0.1, 0.15) is 36.7 Å². The molecular formula is C21H24N4. The van der Waals surface area contributed by atoms with Crippen molar-refractivity contribution in [1.82, 2.24) is 14.8 Å². The molecule has 1 aliphatic carbocycles. The van der Waals surface area contributed by atoms with E-state index in [9.17, 15) is 0 Å². The molecule has 0 N–H and O–H groups in total. The Morgan fingerprint density at radius 2 is 1.60 bits per heavy atom. The lowest BCUT2D eigenvalue weighted by atomic mass is 9.95. The number of rotatable bonds is 6. The van der Waals surface area contributed by atoms with Crippen LogP contribution in [0.2, 0.25) is 0 Å². The molecule has 4 heteroatoms. The fourth-order valence-electron chi connectivity index (χ4n) is 3.66. The third-order valence-electron chi connectivity index (χ3n) is 5.24. The molecule has 25 heavy (non-hydrogen) atoms. The molecule has 0 aliphatic heterocycles.